The van der Waals surface area contributed by atoms with E-state index in [1.54, 1.807) is 18.9 Å². The molecule has 2 aromatic carbocycles. The SMILES string of the molecule is COCCn1nnnc1CN(Cc1ccc(OC)cc1)Cc1cc2ccc(C)cc2[nH]c1=O. The van der Waals surface area contributed by atoms with E-state index >= 15 is 0 Å². The van der Waals surface area contributed by atoms with Crippen LogP contribution in [0.4, 0.5) is 0 Å². The zero-order valence-corrected chi connectivity index (χ0v) is 19.1. The summed E-state index contributed by atoms with van der Waals surface area (Å²) in [6.07, 6.45) is 0. The normalized spacial score (nSPS) is 11.4. The minimum Gasteiger partial charge on any atom is -0.497 e. The predicted octanol–water partition coefficient (Wildman–Crippen LogP) is 2.68. The fourth-order valence-electron chi connectivity index (χ4n) is 3.76. The van der Waals surface area contributed by atoms with Gasteiger partial charge in [0.05, 0.1) is 26.8 Å². The number of hydrogen-bond donors (Lipinski definition) is 1. The molecule has 2 heterocycles. The van der Waals surface area contributed by atoms with E-state index in [9.17, 15) is 4.79 Å². The molecule has 0 radical (unpaired) electrons. The Hall–Kier alpha value is -3.56. The maximum absolute atomic E-state index is 12.9. The molecule has 0 spiro atoms. The third kappa shape index (κ3) is 5.63. The number of fused-ring (bicyclic) bond motifs is 1. The van der Waals surface area contributed by atoms with Crippen molar-refractivity contribution in [2.75, 3.05) is 20.8 Å². The molecule has 0 aliphatic rings. The van der Waals surface area contributed by atoms with Gasteiger partial charge in [0.2, 0.25) is 0 Å². The zero-order chi connectivity index (χ0) is 23.2. The first-order valence-corrected chi connectivity index (χ1v) is 10.8. The lowest BCUT2D eigenvalue weighted by Crippen LogP contribution is -2.28. The molecule has 9 heteroatoms. The van der Waals surface area contributed by atoms with E-state index in [0.29, 0.717) is 44.2 Å². The largest absolute Gasteiger partial charge is 0.497 e. The number of aromatic nitrogens is 5. The van der Waals surface area contributed by atoms with E-state index in [4.69, 9.17) is 9.47 Å². The van der Waals surface area contributed by atoms with E-state index in [1.165, 1.54) is 0 Å². The van der Waals surface area contributed by atoms with Crippen LogP contribution in [0.1, 0.15) is 22.5 Å². The molecule has 0 amide bonds. The molecule has 4 aromatic rings. The van der Waals surface area contributed by atoms with Crippen molar-refractivity contribution in [3.8, 4) is 5.75 Å². The van der Waals surface area contributed by atoms with E-state index in [2.05, 4.69) is 25.4 Å². The van der Waals surface area contributed by atoms with Crippen molar-refractivity contribution in [2.24, 2.45) is 0 Å². The van der Waals surface area contributed by atoms with Crippen molar-refractivity contribution in [2.45, 2.75) is 33.1 Å². The lowest BCUT2D eigenvalue weighted by Gasteiger charge is -2.22. The second-order valence-corrected chi connectivity index (χ2v) is 8.02. The van der Waals surface area contributed by atoms with Crippen LogP contribution in [0.15, 0.2) is 53.3 Å². The summed E-state index contributed by atoms with van der Waals surface area (Å²) in [5.41, 5.74) is 3.64. The second kappa shape index (κ2) is 10.4. The summed E-state index contributed by atoms with van der Waals surface area (Å²) >= 11 is 0. The van der Waals surface area contributed by atoms with Crippen LogP contribution in [0.3, 0.4) is 0 Å². The Morgan fingerprint density at radius 2 is 1.85 bits per heavy atom. The summed E-state index contributed by atoms with van der Waals surface area (Å²) in [6, 6.07) is 15.9. The third-order valence-corrected chi connectivity index (χ3v) is 5.52. The van der Waals surface area contributed by atoms with Gasteiger partial charge in [0.25, 0.3) is 5.56 Å². The third-order valence-electron chi connectivity index (χ3n) is 5.52. The van der Waals surface area contributed by atoms with Crippen molar-refractivity contribution >= 4 is 10.9 Å². The van der Waals surface area contributed by atoms with Crippen LogP contribution in [-0.2, 0) is 30.9 Å². The molecular weight excluding hydrogens is 420 g/mol. The van der Waals surface area contributed by atoms with E-state index < -0.39 is 0 Å². The molecule has 0 saturated heterocycles. The van der Waals surface area contributed by atoms with Crippen LogP contribution in [0, 0.1) is 6.92 Å². The van der Waals surface area contributed by atoms with Gasteiger partial charge in [0.1, 0.15) is 5.75 Å². The number of tetrazole rings is 1. The maximum atomic E-state index is 12.9. The van der Waals surface area contributed by atoms with Gasteiger partial charge in [-0.1, -0.05) is 24.3 Å². The highest BCUT2D eigenvalue weighted by atomic mass is 16.5. The Labute approximate surface area is 191 Å². The van der Waals surface area contributed by atoms with Crippen LogP contribution in [0.5, 0.6) is 5.75 Å². The molecule has 0 aliphatic carbocycles. The number of rotatable bonds is 10. The Morgan fingerprint density at radius 1 is 1.03 bits per heavy atom. The van der Waals surface area contributed by atoms with Gasteiger partial charge in [-0.25, -0.2) is 4.68 Å². The van der Waals surface area contributed by atoms with Crippen molar-refractivity contribution in [1.29, 1.82) is 0 Å². The van der Waals surface area contributed by atoms with Crippen molar-refractivity contribution in [3.05, 3.63) is 81.4 Å². The summed E-state index contributed by atoms with van der Waals surface area (Å²) in [7, 11) is 3.29. The van der Waals surface area contributed by atoms with Gasteiger partial charge >= 0.3 is 0 Å². The number of H-pyrrole nitrogens is 1. The first-order chi connectivity index (χ1) is 16.1. The number of methoxy groups -OCH3 is 2. The number of ether oxygens (including phenoxy) is 2. The Kier molecular flexibility index (Phi) is 7.11. The Bertz CT molecular complexity index is 1270. The van der Waals surface area contributed by atoms with Crippen molar-refractivity contribution in [1.82, 2.24) is 30.1 Å². The fourth-order valence-corrected chi connectivity index (χ4v) is 3.76. The number of nitrogens with one attached hydrogen (secondary N) is 1. The summed E-state index contributed by atoms with van der Waals surface area (Å²) in [5.74, 6) is 1.52. The average molecular weight is 449 g/mol. The molecular formula is C24H28N6O3. The molecule has 33 heavy (non-hydrogen) atoms. The highest BCUT2D eigenvalue weighted by Gasteiger charge is 2.16. The molecule has 1 N–H and O–H groups in total. The minimum absolute atomic E-state index is 0.0909. The first kappa shape index (κ1) is 22.6. The number of aromatic amines is 1. The zero-order valence-electron chi connectivity index (χ0n) is 19.1. The number of pyridine rings is 1. The maximum Gasteiger partial charge on any atom is 0.252 e. The van der Waals surface area contributed by atoms with E-state index in [-0.39, 0.29) is 5.56 Å². The quantitative estimate of drug-likeness (QED) is 0.398. The summed E-state index contributed by atoms with van der Waals surface area (Å²) < 4.78 is 12.2. The smallest absolute Gasteiger partial charge is 0.252 e. The van der Waals surface area contributed by atoms with E-state index in [1.807, 2.05) is 55.5 Å². The Balaban J connectivity index is 1.62. The lowest BCUT2D eigenvalue weighted by atomic mass is 10.1. The molecule has 172 valence electrons. The van der Waals surface area contributed by atoms with Crippen LogP contribution in [-0.4, -0.2) is 50.9 Å². The minimum atomic E-state index is -0.0909. The van der Waals surface area contributed by atoms with Gasteiger partial charge in [0.15, 0.2) is 5.82 Å². The van der Waals surface area contributed by atoms with Gasteiger partial charge in [-0.2, -0.15) is 0 Å². The average Bonchev–Trinajstić information content (AvgIpc) is 3.25. The van der Waals surface area contributed by atoms with Crippen LogP contribution in [0.25, 0.3) is 10.9 Å². The molecule has 0 aliphatic heterocycles. The summed E-state index contributed by atoms with van der Waals surface area (Å²) in [6.45, 7) is 4.63. The number of hydrogen-bond acceptors (Lipinski definition) is 7. The highest BCUT2D eigenvalue weighted by molar-refractivity contribution is 5.79. The molecule has 0 atom stereocenters. The van der Waals surface area contributed by atoms with Gasteiger partial charge in [-0.05, 0) is 58.1 Å². The van der Waals surface area contributed by atoms with Crippen molar-refractivity contribution < 1.29 is 9.47 Å². The highest BCUT2D eigenvalue weighted by Crippen LogP contribution is 2.18. The number of aryl methyl sites for hydroxylation is 1. The van der Waals surface area contributed by atoms with E-state index in [0.717, 1.165) is 27.8 Å². The van der Waals surface area contributed by atoms with Crippen LogP contribution in [0.2, 0.25) is 0 Å². The number of benzene rings is 2. The predicted molar refractivity (Wildman–Crippen MR) is 125 cm³/mol. The summed E-state index contributed by atoms with van der Waals surface area (Å²) in [4.78, 5) is 18.0. The van der Waals surface area contributed by atoms with Gasteiger partial charge in [-0.3, -0.25) is 9.69 Å². The van der Waals surface area contributed by atoms with Gasteiger partial charge < -0.3 is 14.5 Å². The molecule has 0 bridgehead atoms. The first-order valence-electron chi connectivity index (χ1n) is 10.8. The standard InChI is InChI=1S/C24H28N6O3/c1-17-4-7-19-13-20(24(31)25-22(19)12-17)15-29(14-18-5-8-21(33-3)9-6-18)16-23-26-27-28-30(23)10-11-32-2/h4-9,12-13H,10-11,14-16H2,1-3H3,(H,25,31). The lowest BCUT2D eigenvalue weighted by molar-refractivity contribution is 0.177. The molecule has 9 nitrogen and oxygen atoms in total. The second-order valence-electron chi connectivity index (χ2n) is 8.02. The molecule has 4 rings (SSSR count). The van der Waals surface area contributed by atoms with Gasteiger partial charge in [-0.15, -0.1) is 5.10 Å². The summed E-state index contributed by atoms with van der Waals surface area (Å²) in [5, 5.41) is 13.1. The van der Waals surface area contributed by atoms with Gasteiger partial charge in [0, 0.05) is 31.3 Å². The van der Waals surface area contributed by atoms with Crippen LogP contribution < -0.4 is 10.3 Å². The molecule has 0 unspecified atom stereocenters. The molecule has 0 fully saturated rings. The fraction of sp³-hybridized carbons (Fsp3) is 0.333. The number of nitrogens with zero attached hydrogens (tertiary/aromatic N) is 5. The topological polar surface area (TPSA) is 98.2 Å². The van der Waals surface area contributed by atoms with Crippen molar-refractivity contribution in [3.63, 3.8) is 0 Å². The monoisotopic (exact) mass is 448 g/mol. The molecule has 0 saturated carbocycles. The van der Waals surface area contributed by atoms with Crippen LogP contribution >= 0.6 is 0 Å². The molecule has 2 aromatic heterocycles. The Morgan fingerprint density at radius 3 is 2.61 bits per heavy atom.